The molecule has 23 heavy (non-hydrogen) atoms. The zero-order valence-electron chi connectivity index (χ0n) is 13.3. The third-order valence-electron chi connectivity index (χ3n) is 3.53. The summed E-state index contributed by atoms with van der Waals surface area (Å²) < 4.78 is 44.4. The zero-order valence-corrected chi connectivity index (χ0v) is 16.4. The number of benzene rings is 2. The fraction of sp³-hybridized carbons (Fsp3) is 0.294. The molecule has 0 heterocycles. The minimum atomic E-state index is -4.99. The van der Waals surface area contributed by atoms with E-state index in [9.17, 15) is 12.9 Å². The summed E-state index contributed by atoms with van der Waals surface area (Å²) in [5, 5.41) is 0. The number of halogens is 3. The fourth-order valence-corrected chi connectivity index (χ4v) is 2.31. The average molecular weight is 346 g/mol. The minimum Gasteiger partial charge on any atom is -0.447 e. The van der Waals surface area contributed by atoms with Gasteiger partial charge >= 0.3 is 58.4 Å². The third-order valence-corrected chi connectivity index (χ3v) is 3.53. The van der Waals surface area contributed by atoms with Crippen molar-refractivity contribution in [2.24, 2.45) is 0 Å². The molecule has 1 atom stereocenters. The van der Waals surface area contributed by atoms with E-state index in [1.54, 1.807) is 24.3 Å². The van der Waals surface area contributed by atoms with Crippen molar-refractivity contribution in [2.45, 2.75) is 31.9 Å². The standard InChI is InChI=1S/C17H19BF3O.K/c19-18(20,21)17(22-14-16-10-5-2-6-11-16)13-7-12-15-8-3-1-4-9-15;/h1-6,8-11,17H,7,12-14H2;/q-1;+1. The van der Waals surface area contributed by atoms with Gasteiger partial charge in [0.05, 0.1) is 6.61 Å². The van der Waals surface area contributed by atoms with Crippen molar-refractivity contribution in [3.05, 3.63) is 71.8 Å². The molecule has 0 spiro atoms. The Kier molecular flexibility index (Phi) is 9.73. The van der Waals surface area contributed by atoms with Crippen LogP contribution in [0.15, 0.2) is 60.7 Å². The Hall–Kier alpha value is -0.109. The van der Waals surface area contributed by atoms with E-state index in [1.807, 2.05) is 36.4 Å². The van der Waals surface area contributed by atoms with Crippen molar-refractivity contribution in [1.82, 2.24) is 0 Å². The summed E-state index contributed by atoms with van der Waals surface area (Å²) in [5.41, 5.74) is 1.81. The number of ether oxygens (including phenoxy) is 1. The Balaban J connectivity index is 0.00000264. The molecule has 0 aliphatic heterocycles. The van der Waals surface area contributed by atoms with Gasteiger partial charge in [0.2, 0.25) is 0 Å². The molecule has 1 unspecified atom stereocenters. The van der Waals surface area contributed by atoms with Gasteiger partial charge in [-0.3, -0.25) is 0 Å². The molecule has 2 aromatic rings. The van der Waals surface area contributed by atoms with Crippen LogP contribution in [0.2, 0.25) is 0 Å². The Bertz CT molecular complexity index is 549. The first-order chi connectivity index (χ1) is 10.6. The van der Waals surface area contributed by atoms with E-state index in [1.165, 1.54) is 0 Å². The molecule has 0 aromatic heterocycles. The molecule has 0 aliphatic carbocycles. The molecule has 6 heteroatoms. The molecule has 0 radical (unpaired) electrons. The van der Waals surface area contributed by atoms with Crippen LogP contribution in [0.1, 0.15) is 24.0 Å². The second-order valence-corrected chi connectivity index (χ2v) is 5.34. The summed E-state index contributed by atoms with van der Waals surface area (Å²) in [6, 6.07) is 16.8. The van der Waals surface area contributed by atoms with Crippen LogP contribution in [-0.4, -0.2) is 13.0 Å². The molecule has 0 N–H and O–H groups in total. The van der Waals surface area contributed by atoms with Gasteiger partial charge in [-0.05, 0) is 24.0 Å². The summed E-state index contributed by atoms with van der Waals surface area (Å²) in [6.45, 7) is -4.99. The van der Waals surface area contributed by atoms with Gasteiger partial charge in [-0.25, -0.2) is 0 Å². The molecular formula is C17H19BF3KO. The normalized spacial score (nSPS) is 12.5. The van der Waals surface area contributed by atoms with Gasteiger partial charge in [0, 0.05) is 6.00 Å². The topological polar surface area (TPSA) is 9.23 Å². The predicted octanol–water partition coefficient (Wildman–Crippen LogP) is 1.99. The summed E-state index contributed by atoms with van der Waals surface area (Å²) in [7, 11) is 0. The molecule has 118 valence electrons. The van der Waals surface area contributed by atoms with Crippen LogP contribution < -0.4 is 51.4 Å². The SMILES string of the molecule is F[B-](F)(F)C(CCCc1ccccc1)OCc1ccccc1.[K+]. The zero-order chi connectivity index (χ0) is 15.8. The maximum atomic E-state index is 13.1. The number of hydrogen-bond acceptors (Lipinski definition) is 1. The number of hydrogen-bond donors (Lipinski definition) is 0. The maximum Gasteiger partial charge on any atom is 1.00 e. The summed E-state index contributed by atoms with van der Waals surface area (Å²) in [6.07, 6.45) is 1.11. The second kappa shape index (κ2) is 10.7. The van der Waals surface area contributed by atoms with Crippen molar-refractivity contribution in [3.63, 3.8) is 0 Å². The Morgan fingerprint density at radius 3 is 1.87 bits per heavy atom. The molecular weight excluding hydrogens is 327 g/mol. The summed E-state index contributed by atoms with van der Waals surface area (Å²) >= 11 is 0. The second-order valence-electron chi connectivity index (χ2n) is 5.34. The van der Waals surface area contributed by atoms with Crippen molar-refractivity contribution >= 4 is 6.98 Å². The van der Waals surface area contributed by atoms with Crippen LogP contribution in [0.4, 0.5) is 12.9 Å². The molecule has 2 aromatic carbocycles. The Labute approximate surface area is 178 Å². The van der Waals surface area contributed by atoms with Crippen molar-refractivity contribution < 1.29 is 69.1 Å². The van der Waals surface area contributed by atoms with E-state index in [-0.39, 0.29) is 64.4 Å². The van der Waals surface area contributed by atoms with Gasteiger partial charge in [0.25, 0.3) is 0 Å². The van der Waals surface area contributed by atoms with E-state index >= 15 is 0 Å². The van der Waals surface area contributed by atoms with Gasteiger partial charge in [-0.2, -0.15) is 0 Å². The molecule has 0 saturated carbocycles. The smallest absolute Gasteiger partial charge is 0.447 e. The summed E-state index contributed by atoms with van der Waals surface area (Å²) in [5.74, 6) is 0. The Morgan fingerprint density at radius 1 is 0.826 bits per heavy atom. The van der Waals surface area contributed by atoms with Crippen LogP contribution in [0.25, 0.3) is 0 Å². The van der Waals surface area contributed by atoms with Gasteiger partial charge in [-0.15, -0.1) is 0 Å². The van der Waals surface area contributed by atoms with Crippen LogP contribution in [-0.2, 0) is 17.8 Å². The van der Waals surface area contributed by atoms with Gasteiger partial charge in [0.15, 0.2) is 0 Å². The monoisotopic (exact) mass is 346 g/mol. The third kappa shape index (κ3) is 8.01. The van der Waals surface area contributed by atoms with E-state index in [4.69, 9.17) is 4.74 Å². The molecule has 0 bridgehead atoms. The molecule has 2 rings (SSSR count). The quantitative estimate of drug-likeness (QED) is 0.665. The van der Waals surface area contributed by atoms with Gasteiger partial charge in [-0.1, -0.05) is 67.1 Å². The largest absolute Gasteiger partial charge is 1.00 e. The first-order valence-electron chi connectivity index (χ1n) is 7.45. The maximum absolute atomic E-state index is 13.1. The molecule has 1 nitrogen and oxygen atoms in total. The van der Waals surface area contributed by atoms with Gasteiger partial charge in [0.1, 0.15) is 0 Å². The van der Waals surface area contributed by atoms with Crippen LogP contribution in [0.3, 0.4) is 0 Å². The van der Waals surface area contributed by atoms with Gasteiger partial charge < -0.3 is 17.7 Å². The van der Waals surface area contributed by atoms with E-state index < -0.39 is 13.0 Å². The van der Waals surface area contributed by atoms with Crippen molar-refractivity contribution in [2.75, 3.05) is 0 Å². The van der Waals surface area contributed by atoms with Crippen molar-refractivity contribution in [3.8, 4) is 0 Å². The summed E-state index contributed by atoms with van der Waals surface area (Å²) in [4.78, 5) is 0. The number of aryl methyl sites for hydroxylation is 1. The van der Waals surface area contributed by atoms with Crippen LogP contribution in [0.5, 0.6) is 0 Å². The number of rotatable bonds is 8. The minimum absolute atomic E-state index is 0. The first kappa shape index (κ1) is 20.9. The Morgan fingerprint density at radius 2 is 1.35 bits per heavy atom. The van der Waals surface area contributed by atoms with E-state index in [0.717, 1.165) is 11.1 Å². The van der Waals surface area contributed by atoms with Crippen LogP contribution >= 0.6 is 0 Å². The molecule has 0 amide bonds. The van der Waals surface area contributed by atoms with E-state index in [0.29, 0.717) is 12.8 Å². The first-order valence-corrected chi connectivity index (χ1v) is 7.45. The molecule has 0 aliphatic rings. The predicted molar refractivity (Wildman–Crippen MR) is 83.5 cm³/mol. The average Bonchev–Trinajstić information content (AvgIpc) is 2.51. The molecule has 0 saturated heterocycles. The van der Waals surface area contributed by atoms with Crippen LogP contribution in [0, 0.1) is 0 Å². The molecule has 0 fully saturated rings. The fourth-order valence-electron chi connectivity index (χ4n) is 2.31. The van der Waals surface area contributed by atoms with E-state index in [2.05, 4.69) is 0 Å². The van der Waals surface area contributed by atoms with Crippen molar-refractivity contribution in [1.29, 1.82) is 0 Å².